The molecular weight excluding hydrogens is 513 g/mol. The minimum atomic E-state index is -0.401. The smallest absolute Gasteiger partial charge is 0.261 e. The molecule has 4 rings (SSSR count). The van der Waals surface area contributed by atoms with Crippen molar-refractivity contribution in [2.24, 2.45) is 7.05 Å². The molecule has 40 heavy (non-hydrogen) atoms. The number of fused-ring (bicyclic) bond motifs is 1. The number of aromatic nitrogens is 3. The second-order valence-electron chi connectivity index (χ2n) is 9.54. The van der Waals surface area contributed by atoms with Gasteiger partial charge in [-0.15, -0.1) is 0 Å². The van der Waals surface area contributed by atoms with Gasteiger partial charge >= 0.3 is 0 Å². The molecule has 0 aliphatic rings. The molecule has 0 aliphatic heterocycles. The number of methoxy groups -OCH3 is 1. The first kappa shape index (κ1) is 28.2. The molecule has 1 amide bonds. The molecule has 11 heteroatoms. The molecule has 0 bridgehead atoms. The Balaban J connectivity index is 1.81. The number of nitrogens with one attached hydrogen (secondary N) is 2. The summed E-state index contributed by atoms with van der Waals surface area (Å²) in [4.78, 5) is 38.2. The van der Waals surface area contributed by atoms with Crippen molar-refractivity contribution < 1.29 is 13.9 Å². The zero-order valence-electron chi connectivity index (χ0n) is 23.2. The van der Waals surface area contributed by atoms with E-state index in [0.29, 0.717) is 45.7 Å². The van der Waals surface area contributed by atoms with Crippen molar-refractivity contribution in [2.75, 3.05) is 56.9 Å². The molecule has 2 aromatic carbocycles. The number of halogens is 1. The Labute approximate surface area is 231 Å². The summed E-state index contributed by atoms with van der Waals surface area (Å²) in [6, 6.07) is 9.63. The first-order chi connectivity index (χ1) is 19.1. The van der Waals surface area contributed by atoms with E-state index in [9.17, 15) is 14.0 Å². The molecule has 2 N–H and O–H groups in total. The minimum absolute atomic E-state index is 0.186. The van der Waals surface area contributed by atoms with Crippen LogP contribution in [0.5, 0.6) is 5.75 Å². The molecule has 0 saturated heterocycles. The number of pyridine rings is 1. The van der Waals surface area contributed by atoms with E-state index in [-0.39, 0.29) is 17.4 Å². The van der Waals surface area contributed by atoms with Crippen molar-refractivity contribution in [3.05, 3.63) is 77.6 Å². The van der Waals surface area contributed by atoms with Crippen LogP contribution in [0, 0.1) is 5.82 Å². The van der Waals surface area contributed by atoms with Crippen LogP contribution in [0.15, 0.2) is 66.2 Å². The summed E-state index contributed by atoms with van der Waals surface area (Å²) in [5, 5.41) is 6.30. The molecule has 0 spiro atoms. The molecule has 0 saturated carbocycles. The van der Waals surface area contributed by atoms with Crippen molar-refractivity contribution >= 4 is 39.8 Å². The number of anilines is 4. The Kier molecular flexibility index (Phi) is 8.44. The first-order valence-electron chi connectivity index (χ1n) is 12.5. The number of rotatable bonds is 10. The Bertz CT molecular complexity index is 1630. The fraction of sp³-hybridized carbons (Fsp3) is 0.241. The number of aryl methyl sites for hydroxylation is 1. The number of carbonyl (C=O) groups excluding carboxylic acids is 1. The van der Waals surface area contributed by atoms with E-state index in [4.69, 9.17) is 4.74 Å². The number of ether oxygens (including phenoxy) is 1. The first-order valence-corrected chi connectivity index (χ1v) is 12.5. The van der Waals surface area contributed by atoms with Gasteiger partial charge < -0.3 is 29.7 Å². The van der Waals surface area contributed by atoms with Crippen molar-refractivity contribution in [1.82, 2.24) is 19.4 Å². The maximum Gasteiger partial charge on any atom is 0.261 e. The van der Waals surface area contributed by atoms with E-state index in [1.165, 1.54) is 29.0 Å². The fourth-order valence-corrected chi connectivity index (χ4v) is 4.20. The van der Waals surface area contributed by atoms with Gasteiger partial charge in [0.25, 0.3) is 5.56 Å². The lowest BCUT2D eigenvalue weighted by atomic mass is 10.1. The monoisotopic (exact) mass is 545 g/mol. The Morgan fingerprint density at radius 3 is 2.62 bits per heavy atom. The average Bonchev–Trinajstić information content (AvgIpc) is 2.93. The highest BCUT2D eigenvalue weighted by Crippen LogP contribution is 2.38. The SMILES string of the molecule is C=CC(=O)Nc1cc(Nc2ncc3c(=O)n(C)cc(-c4cccc(F)c4)c3n2)c(OC)cc1N(C)CCN(C)C. The van der Waals surface area contributed by atoms with Crippen LogP contribution in [0.3, 0.4) is 0 Å². The number of hydrogen-bond acceptors (Lipinski definition) is 8. The maximum atomic E-state index is 14.0. The summed E-state index contributed by atoms with van der Waals surface area (Å²) in [5.41, 5.74) is 3.00. The summed E-state index contributed by atoms with van der Waals surface area (Å²) >= 11 is 0. The van der Waals surface area contributed by atoms with Crippen LogP contribution >= 0.6 is 0 Å². The van der Waals surface area contributed by atoms with E-state index in [1.807, 2.05) is 32.1 Å². The van der Waals surface area contributed by atoms with E-state index >= 15 is 0 Å². The lowest BCUT2D eigenvalue weighted by Crippen LogP contribution is -2.29. The Morgan fingerprint density at radius 2 is 1.95 bits per heavy atom. The zero-order chi connectivity index (χ0) is 29.0. The summed E-state index contributed by atoms with van der Waals surface area (Å²) in [5.74, 6) is -0.0926. The number of benzene rings is 2. The summed E-state index contributed by atoms with van der Waals surface area (Å²) in [6.07, 6.45) is 4.26. The number of likely N-dealkylation sites (N-methyl/N-ethyl adjacent to an activating group) is 2. The van der Waals surface area contributed by atoms with E-state index in [0.717, 1.165) is 12.2 Å². The molecular formula is C29H32FN7O3. The largest absolute Gasteiger partial charge is 0.494 e. The molecule has 0 unspecified atom stereocenters. The van der Waals surface area contributed by atoms with Crippen LogP contribution in [0.2, 0.25) is 0 Å². The second kappa shape index (κ2) is 12.0. The lowest BCUT2D eigenvalue weighted by Gasteiger charge is -2.26. The zero-order valence-corrected chi connectivity index (χ0v) is 23.2. The maximum absolute atomic E-state index is 14.0. The second-order valence-corrected chi connectivity index (χ2v) is 9.54. The molecule has 2 aromatic heterocycles. The van der Waals surface area contributed by atoms with Gasteiger partial charge in [-0.3, -0.25) is 9.59 Å². The molecule has 0 atom stereocenters. The number of amides is 1. The normalized spacial score (nSPS) is 11.0. The van der Waals surface area contributed by atoms with Crippen LogP contribution in [0.1, 0.15) is 0 Å². The summed E-state index contributed by atoms with van der Waals surface area (Å²) < 4.78 is 21.1. The number of nitrogens with zero attached hydrogens (tertiary/aromatic N) is 5. The van der Waals surface area contributed by atoms with Crippen molar-refractivity contribution in [1.29, 1.82) is 0 Å². The third-order valence-electron chi connectivity index (χ3n) is 6.35. The average molecular weight is 546 g/mol. The third kappa shape index (κ3) is 6.10. The Hall–Kier alpha value is -4.77. The molecule has 0 fully saturated rings. The van der Waals surface area contributed by atoms with Crippen LogP contribution in [-0.4, -0.2) is 66.7 Å². The van der Waals surface area contributed by atoms with Gasteiger partial charge in [0, 0.05) is 51.2 Å². The van der Waals surface area contributed by atoms with E-state index < -0.39 is 5.82 Å². The van der Waals surface area contributed by atoms with Gasteiger partial charge in [-0.05, 0) is 43.9 Å². The fourth-order valence-electron chi connectivity index (χ4n) is 4.20. The number of carbonyl (C=O) groups is 1. The van der Waals surface area contributed by atoms with Gasteiger partial charge in [0.15, 0.2) is 0 Å². The highest BCUT2D eigenvalue weighted by atomic mass is 19.1. The van der Waals surface area contributed by atoms with Crippen molar-refractivity contribution in [3.8, 4) is 16.9 Å². The predicted molar refractivity (Wildman–Crippen MR) is 157 cm³/mol. The summed E-state index contributed by atoms with van der Waals surface area (Å²) in [6.45, 7) is 5.05. The minimum Gasteiger partial charge on any atom is -0.494 e. The quantitative estimate of drug-likeness (QED) is 0.288. The van der Waals surface area contributed by atoms with Gasteiger partial charge in [0.1, 0.15) is 11.6 Å². The van der Waals surface area contributed by atoms with Crippen LogP contribution in [0.25, 0.3) is 22.0 Å². The Morgan fingerprint density at radius 1 is 1.18 bits per heavy atom. The van der Waals surface area contributed by atoms with Crippen molar-refractivity contribution in [3.63, 3.8) is 0 Å². The van der Waals surface area contributed by atoms with Gasteiger partial charge in [0.05, 0.1) is 35.1 Å². The highest BCUT2D eigenvalue weighted by molar-refractivity contribution is 6.02. The third-order valence-corrected chi connectivity index (χ3v) is 6.35. The standard InChI is InChI=1S/C29H32FN7O3/c1-7-26(38)32-22-14-23(25(40-6)15-24(22)36(4)12-11-35(2)3)33-29-31-16-20-27(34-29)21(17-37(5)28(20)39)18-9-8-10-19(30)13-18/h7-10,13-17H,1,11-12H2,2-6H3,(H,32,38)(H,31,33,34). The van der Waals surface area contributed by atoms with Gasteiger partial charge in [-0.2, -0.15) is 0 Å². The van der Waals surface area contributed by atoms with E-state index in [2.05, 4.69) is 32.1 Å². The van der Waals surface area contributed by atoms with Gasteiger partial charge in [0.2, 0.25) is 11.9 Å². The molecule has 4 aromatic rings. The molecule has 10 nitrogen and oxygen atoms in total. The molecule has 208 valence electrons. The molecule has 2 heterocycles. The molecule has 0 aliphatic carbocycles. The van der Waals surface area contributed by atoms with Crippen LogP contribution in [0.4, 0.5) is 27.4 Å². The topological polar surface area (TPSA) is 105 Å². The van der Waals surface area contributed by atoms with E-state index in [1.54, 1.807) is 38.6 Å². The van der Waals surface area contributed by atoms with Gasteiger partial charge in [-0.25, -0.2) is 14.4 Å². The molecule has 0 radical (unpaired) electrons. The predicted octanol–water partition coefficient (Wildman–Crippen LogP) is 4.01. The summed E-state index contributed by atoms with van der Waals surface area (Å²) in [7, 11) is 9.06. The number of hydrogen-bond donors (Lipinski definition) is 2. The lowest BCUT2D eigenvalue weighted by molar-refractivity contribution is -0.111. The van der Waals surface area contributed by atoms with Crippen LogP contribution < -0.4 is 25.8 Å². The highest BCUT2D eigenvalue weighted by Gasteiger charge is 2.18. The van der Waals surface area contributed by atoms with Crippen LogP contribution in [-0.2, 0) is 11.8 Å². The van der Waals surface area contributed by atoms with Crippen molar-refractivity contribution in [2.45, 2.75) is 0 Å². The van der Waals surface area contributed by atoms with Gasteiger partial charge in [-0.1, -0.05) is 18.7 Å².